The molecule has 0 fully saturated rings. The van der Waals surface area contributed by atoms with Crippen molar-refractivity contribution in [3.8, 4) is 0 Å². The Labute approximate surface area is 87.1 Å². The molecule has 0 amide bonds. The quantitative estimate of drug-likeness (QED) is 0.779. The number of nitrogens with zero attached hydrogens (tertiary/aromatic N) is 4. The van der Waals surface area contributed by atoms with Crippen LogP contribution in [0.3, 0.4) is 0 Å². The van der Waals surface area contributed by atoms with Crippen molar-refractivity contribution in [1.82, 2.24) is 19.9 Å². The Balaban J connectivity index is 2.27. The van der Waals surface area contributed by atoms with Gasteiger partial charge in [0.1, 0.15) is 6.33 Å². The Bertz CT molecular complexity index is 464. The molecule has 2 rings (SSSR count). The molecule has 0 aromatic carbocycles. The molecular weight excluding hydrogens is 194 g/mol. The van der Waals surface area contributed by atoms with Gasteiger partial charge in [-0.3, -0.25) is 0 Å². The summed E-state index contributed by atoms with van der Waals surface area (Å²) in [5.74, 6) is 1.01. The number of hydrogen-bond donors (Lipinski definition) is 1. The zero-order valence-electron chi connectivity index (χ0n) is 8.77. The van der Waals surface area contributed by atoms with Crippen molar-refractivity contribution in [3.63, 3.8) is 0 Å². The van der Waals surface area contributed by atoms with Gasteiger partial charge in [-0.15, -0.1) is 0 Å². The van der Waals surface area contributed by atoms with E-state index in [2.05, 4.69) is 19.9 Å². The van der Waals surface area contributed by atoms with E-state index in [0.29, 0.717) is 22.9 Å². The molecular formula is C9H13N5O. The fourth-order valence-electron chi connectivity index (χ4n) is 1.24. The smallest absolute Gasteiger partial charge is 0.252 e. The summed E-state index contributed by atoms with van der Waals surface area (Å²) < 4.78 is 5.43. The summed E-state index contributed by atoms with van der Waals surface area (Å²) in [5, 5.41) is 0. The zero-order valence-corrected chi connectivity index (χ0v) is 8.77. The van der Waals surface area contributed by atoms with Gasteiger partial charge in [0.2, 0.25) is 0 Å². The van der Waals surface area contributed by atoms with Crippen LogP contribution >= 0.6 is 0 Å². The topological polar surface area (TPSA) is 81.1 Å². The third-order valence-electron chi connectivity index (χ3n) is 2.04. The van der Waals surface area contributed by atoms with Gasteiger partial charge in [-0.25, -0.2) is 9.97 Å². The molecule has 0 bridgehead atoms. The van der Waals surface area contributed by atoms with E-state index in [9.17, 15) is 0 Å². The number of likely N-dealkylation sites (N-methyl/N-ethyl adjacent to an activating group) is 1. The van der Waals surface area contributed by atoms with Gasteiger partial charge in [-0.05, 0) is 14.1 Å². The van der Waals surface area contributed by atoms with Gasteiger partial charge < -0.3 is 15.1 Å². The van der Waals surface area contributed by atoms with Crippen molar-refractivity contribution in [3.05, 3.63) is 12.2 Å². The summed E-state index contributed by atoms with van der Waals surface area (Å²) in [5.41, 5.74) is 6.64. The standard InChI is InChI=1S/C9H13N5O/c1-14(2)4-3-6-13-7-8(10)11-5-12-9(7)15-6/h5H,3-4H2,1-2H3,(H2,10,11,12). The molecule has 0 radical (unpaired) electrons. The highest BCUT2D eigenvalue weighted by Gasteiger charge is 2.09. The fraction of sp³-hybridized carbons (Fsp3) is 0.444. The number of hydrogen-bond acceptors (Lipinski definition) is 6. The molecule has 2 aromatic rings. The lowest BCUT2D eigenvalue weighted by Gasteiger charge is -2.05. The van der Waals surface area contributed by atoms with Crippen LogP contribution < -0.4 is 5.73 Å². The van der Waals surface area contributed by atoms with Crippen LogP contribution in [0.1, 0.15) is 5.89 Å². The summed E-state index contributed by atoms with van der Waals surface area (Å²) in [7, 11) is 3.99. The van der Waals surface area contributed by atoms with Crippen molar-refractivity contribution >= 4 is 17.0 Å². The summed E-state index contributed by atoms with van der Waals surface area (Å²) in [4.78, 5) is 14.1. The normalized spacial score (nSPS) is 11.4. The second-order valence-corrected chi connectivity index (χ2v) is 3.57. The van der Waals surface area contributed by atoms with Gasteiger partial charge in [0.05, 0.1) is 0 Å². The monoisotopic (exact) mass is 207 g/mol. The molecule has 0 saturated heterocycles. The number of anilines is 1. The van der Waals surface area contributed by atoms with Crippen molar-refractivity contribution in [2.75, 3.05) is 26.4 Å². The molecule has 0 aliphatic rings. The summed E-state index contributed by atoms with van der Waals surface area (Å²) in [6.45, 7) is 0.875. The maximum atomic E-state index is 5.64. The number of fused-ring (bicyclic) bond motifs is 1. The van der Waals surface area contributed by atoms with Gasteiger partial charge >= 0.3 is 0 Å². The lowest BCUT2D eigenvalue weighted by atomic mass is 10.4. The minimum atomic E-state index is 0.361. The molecule has 0 unspecified atom stereocenters. The second kappa shape index (κ2) is 3.82. The number of nitrogens with two attached hydrogens (primary N) is 1. The Morgan fingerprint density at radius 1 is 1.40 bits per heavy atom. The fourth-order valence-corrected chi connectivity index (χ4v) is 1.24. The molecule has 2 heterocycles. The van der Waals surface area contributed by atoms with Gasteiger partial charge in [0.15, 0.2) is 17.2 Å². The van der Waals surface area contributed by atoms with Crippen molar-refractivity contribution in [2.45, 2.75) is 6.42 Å². The van der Waals surface area contributed by atoms with Crippen LogP contribution in [0.5, 0.6) is 0 Å². The van der Waals surface area contributed by atoms with Crippen molar-refractivity contribution in [2.24, 2.45) is 0 Å². The molecule has 2 aromatic heterocycles. The summed E-state index contributed by atoms with van der Waals surface area (Å²) in [6, 6.07) is 0. The maximum Gasteiger partial charge on any atom is 0.252 e. The van der Waals surface area contributed by atoms with Crippen LogP contribution in [0.4, 0.5) is 5.82 Å². The Morgan fingerprint density at radius 3 is 2.87 bits per heavy atom. The Morgan fingerprint density at radius 2 is 2.20 bits per heavy atom. The summed E-state index contributed by atoms with van der Waals surface area (Å²) in [6.07, 6.45) is 2.11. The van der Waals surface area contributed by atoms with E-state index < -0.39 is 0 Å². The predicted octanol–water partition coefficient (Wildman–Crippen LogP) is 0.304. The molecule has 2 N–H and O–H groups in total. The van der Waals surface area contributed by atoms with Crippen LogP contribution in [-0.4, -0.2) is 40.5 Å². The van der Waals surface area contributed by atoms with E-state index >= 15 is 0 Å². The first-order valence-corrected chi connectivity index (χ1v) is 4.67. The SMILES string of the molecule is CN(C)CCc1nc2c(N)ncnc2o1. The molecule has 0 atom stereocenters. The molecule has 6 heteroatoms. The van der Waals surface area contributed by atoms with E-state index in [4.69, 9.17) is 10.2 Å². The molecule has 0 saturated carbocycles. The minimum Gasteiger partial charge on any atom is -0.422 e. The summed E-state index contributed by atoms with van der Waals surface area (Å²) >= 11 is 0. The van der Waals surface area contributed by atoms with Crippen LogP contribution in [0.25, 0.3) is 11.2 Å². The average Bonchev–Trinajstić information content (AvgIpc) is 2.59. The molecule has 0 spiro atoms. The zero-order chi connectivity index (χ0) is 10.8. The van der Waals surface area contributed by atoms with Gasteiger partial charge in [0.25, 0.3) is 5.71 Å². The first-order valence-electron chi connectivity index (χ1n) is 4.67. The third kappa shape index (κ3) is 2.04. The van der Waals surface area contributed by atoms with Gasteiger partial charge in [-0.2, -0.15) is 4.98 Å². The van der Waals surface area contributed by atoms with Crippen LogP contribution in [-0.2, 0) is 6.42 Å². The number of oxazole rings is 1. The van der Waals surface area contributed by atoms with Gasteiger partial charge in [-0.1, -0.05) is 0 Å². The largest absolute Gasteiger partial charge is 0.422 e. The first-order chi connectivity index (χ1) is 7.16. The second-order valence-electron chi connectivity index (χ2n) is 3.57. The first kappa shape index (κ1) is 9.85. The highest BCUT2D eigenvalue weighted by atomic mass is 16.4. The van der Waals surface area contributed by atoms with Gasteiger partial charge in [0, 0.05) is 13.0 Å². The minimum absolute atomic E-state index is 0.361. The van der Waals surface area contributed by atoms with Crippen molar-refractivity contribution in [1.29, 1.82) is 0 Å². The highest BCUT2D eigenvalue weighted by molar-refractivity contribution is 5.79. The van der Waals surface area contributed by atoms with Crippen LogP contribution in [0.2, 0.25) is 0 Å². The van der Waals surface area contributed by atoms with Crippen molar-refractivity contribution < 1.29 is 4.42 Å². The number of nitrogen functional groups attached to an aromatic ring is 1. The van der Waals surface area contributed by atoms with E-state index in [1.807, 2.05) is 14.1 Å². The van der Waals surface area contributed by atoms with Crippen LogP contribution in [0.15, 0.2) is 10.7 Å². The van der Waals surface area contributed by atoms with E-state index in [1.165, 1.54) is 6.33 Å². The molecule has 0 aliphatic heterocycles. The predicted molar refractivity (Wildman–Crippen MR) is 56.3 cm³/mol. The Kier molecular flexibility index (Phi) is 2.51. The van der Waals surface area contributed by atoms with E-state index in [1.54, 1.807) is 0 Å². The lowest BCUT2D eigenvalue weighted by molar-refractivity contribution is 0.389. The molecule has 6 nitrogen and oxygen atoms in total. The molecule has 80 valence electrons. The average molecular weight is 207 g/mol. The molecule has 0 aliphatic carbocycles. The van der Waals surface area contributed by atoms with E-state index in [-0.39, 0.29) is 0 Å². The lowest BCUT2D eigenvalue weighted by Crippen LogP contribution is -2.15. The third-order valence-corrected chi connectivity index (χ3v) is 2.04. The molecule has 15 heavy (non-hydrogen) atoms. The highest BCUT2D eigenvalue weighted by Crippen LogP contribution is 2.16. The number of aromatic nitrogens is 3. The number of rotatable bonds is 3. The van der Waals surface area contributed by atoms with Crippen LogP contribution in [0, 0.1) is 0 Å². The Hall–Kier alpha value is -1.69. The van der Waals surface area contributed by atoms with E-state index in [0.717, 1.165) is 13.0 Å². The maximum absolute atomic E-state index is 5.64.